The number of carbonyl (C=O) groups excluding carboxylic acids is 2. The van der Waals surface area contributed by atoms with Crippen molar-refractivity contribution in [2.75, 3.05) is 14.2 Å². The average Bonchev–Trinajstić information content (AvgIpc) is 2.95. The molecular weight excluding hydrogens is 556 g/mol. The van der Waals surface area contributed by atoms with Crippen LogP contribution in [0, 0.1) is 0 Å². The van der Waals surface area contributed by atoms with Crippen molar-refractivity contribution in [3.05, 3.63) is 35.9 Å². The predicted octanol–water partition coefficient (Wildman–Crippen LogP) is 1.81. The highest BCUT2D eigenvalue weighted by atomic mass is 16.8. The second kappa shape index (κ2) is 13.2. The monoisotopic (exact) mass is 598 g/mol. The molecule has 236 valence electrons. The number of aliphatic hydroxyl groups excluding tert-OH is 1. The Morgan fingerprint density at radius 3 is 1.93 bits per heavy atom. The van der Waals surface area contributed by atoms with Gasteiger partial charge in [0.1, 0.15) is 24.4 Å². The maximum Gasteiger partial charge on any atom is 0.303 e. The third-order valence-corrected chi connectivity index (χ3v) is 7.96. The number of methoxy groups -OCH3 is 2. The van der Waals surface area contributed by atoms with E-state index in [0.29, 0.717) is 0 Å². The maximum atomic E-state index is 12.1. The number of rotatable bonds is 9. The van der Waals surface area contributed by atoms with E-state index in [9.17, 15) is 14.7 Å². The van der Waals surface area contributed by atoms with Gasteiger partial charge in [-0.2, -0.15) is 0 Å². The molecule has 0 radical (unpaired) electrons. The van der Waals surface area contributed by atoms with E-state index in [1.165, 1.54) is 28.1 Å². The lowest BCUT2D eigenvalue weighted by atomic mass is 9.94. The molecule has 13 nitrogen and oxygen atoms in total. The first-order valence-corrected chi connectivity index (χ1v) is 13.9. The second-order valence-electron chi connectivity index (χ2n) is 10.9. The Balaban J connectivity index is 1.68. The van der Waals surface area contributed by atoms with Gasteiger partial charge in [-0.05, 0) is 33.3 Å². The number of fused-ring (bicyclic) bond motifs is 1. The third-order valence-electron chi connectivity index (χ3n) is 7.96. The van der Waals surface area contributed by atoms with Gasteiger partial charge in [-0.3, -0.25) is 9.59 Å². The summed E-state index contributed by atoms with van der Waals surface area (Å²) in [5.74, 6) is -4.03. The first-order chi connectivity index (χ1) is 19.8. The number of carbonyl (C=O) groups is 2. The Bertz CT molecular complexity index is 1070. The molecule has 0 spiro atoms. The Labute approximate surface area is 245 Å². The third kappa shape index (κ3) is 6.64. The molecule has 12 atom stereocenters. The highest BCUT2D eigenvalue weighted by Crippen LogP contribution is 2.45. The average molecular weight is 599 g/mol. The number of hydrogen-bond acceptors (Lipinski definition) is 13. The Hall–Kier alpha value is -2.20. The fourth-order valence-electron chi connectivity index (χ4n) is 5.43. The van der Waals surface area contributed by atoms with Gasteiger partial charge in [-0.1, -0.05) is 30.3 Å². The molecule has 1 aromatic rings. The van der Waals surface area contributed by atoms with Gasteiger partial charge in [0.15, 0.2) is 24.8 Å². The van der Waals surface area contributed by atoms with Crippen molar-refractivity contribution in [1.29, 1.82) is 0 Å². The Kier molecular flexibility index (Phi) is 10.3. The van der Waals surface area contributed by atoms with Crippen LogP contribution in [0.3, 0.4) is 0 Å². The van der Waals surface area contributed by atoms with Gasteiger partial charge < -0.3 is 52.5 Å². The van der Waals surface area contributed by atoms with Gasteiger partial charge >= 0.3 is 11.9 Å². The molecule has 3 heterocycles. The molecule has 1 aromatic carbocycles. The zero-order valence-corrected chi connectivity index (χ0v) is 25.2. The Morgan fingerprint density at radius 1 is 0.810 bits per heavy atom. The van der Waals surface area contributed by atoms with Crippen molar-refractivity contribution < 1.29 is 62.1 Å². The molecule has 3 aliphatic heterocycles. The minimum atomic E-state index is -1.46. The van der Waals surface area contributed by atoms with E-state index in [1.807, 2.05) is 37.3 Å². The first kappa shape index (κ1) is 32.7. The summed E-state index contributed by atoms with van der Waals surface area (Å²) in [5.41, 5.74) is 0.893. The molecule has 0 bridgehead atoms. The predicted molar refractivity (Wildman–Crippen MR) is 142 cm³/mol. The summed E-state index contributed by atoms with van der Waals surface area (Å²) in [6.45, 7) is 9.37. The van der Waals surface area contributed by atoms with Crippen LogP contribution >= 0.6 is 0 Å². The number of aliphatic hydroxyl groups is 1. The number of esters is 2. The fraction of sp³-hybridized carbons (Fsp3) is 0.724. The lowest BCUT2D eigenvalue weighted by Gasteiger charge is -2.57. The smallest absolute Gasteiger partial charge is 0.303 e. The number of benzene rings is 1. The maximum absolute atomic E-state index is 12.1. The zero-order valence-electron chi connectivity index (χ0n) is 25.2. The van der Waals surface area contributed by atoms with Crippen LogP contribution in [0.15, 0.2) is 30.3 Å². The van der Waals surface area contributed by atoms with Crippen LogP contribution in [0.4, 0.5) is 0 Å². The summed E-state index contributed by atoms with van der Waals surface area (Å²) in [7, 11) is 2.95. The largest absolute Gasteiger partial charge is 0.457 e. The van der Waals surface area contributed by atoms with Gasteiger partial charge in [0.2, 0.25) is 11.6 Å². The quantitative estimate of drug-likeness (QED) is 0.413. The van der Waals surface area contributed by atoms with E-state index >= 15 is 0 Å². The molecule has 13 heteroatoms. The normalized spacial score (nSPS) is 41.9. The minimum absolute atomic E-state index is 0.181. The number of hydrogen-bond donors (Lipinski definition) is 1. The minimum Gasteiger partial charge on any atom is -0.457 e. The lowest BCUT2D eigenvalue weighted by molar-refractivity contribution is -0.485. The van der Waals surface area contributed by atoms with Crippen molar-refractivity contribution in [1.82, 2.24) is 0 Å². The van der Waals surface area contributed by atoms with E-state index in [1.54, 1.807) is 20.8 Å². The summed E-state index contributed by atoms with van der Waals surface area (Å²) >= 11 is 0. The fourth-order valence-corrected chi connectivity index (χ4v) is 5.43. The topological polar surface area (TPSA) is 147 Å². The van der Waals surface area contributed by atoms with E-state index in [0.717, 1.165) is 5.56 Å². The molecular formula is C29H42O13. The lowest BCUT2D eigenvalue weighted by Crippen LogP contribution is -2.73. The van der Waals surface area contributed by atoms with Crippen LogP contribution < -0.4 is 0 Å². The van der Waals surface area contributed by atoms with Crippen LogP contribution in [-0.4, -0.2) is 104 Å². The molecule has 3 saturated heterocycles. The summed E-state index contributed by atoms with van der Waals surface area (Å²) < 4.78 is 60.0. The summed E-state index contributed by atoms with van der Waals surface area (Å²) in [6.07, 6.45) is -10.3. The summed E-state index contributed by atoms with van der Waals surface area (Å²) in [5, 5.41) is 11.1. The number of ether oxygens (including phenoxy) is 10. The van der Waals surface area contributed by atoms with E-state index in [4.69, 9.17) is 47.4 Å². The second-order valence-corrected chi connectivity index (χ2v) is 10.9. The molecule has 1 N–H and O–H groups in total. The molecule has 0 amide bonds. The molecule has 3 fully saturated rings. The molecule has 0 saturated carbocycles. The van der Waals surface area contributed by atoms with Crippen molar-refractivity contribution in [2.24, 2.45) is 0 Å². The highest BCUT2D eigenvalue weighted by molar-refractivity contribution is 5.67. The van der Waals surface area contributed by atoms with E-state index < -0.39 is 84.9 Å². The van der Waals surface area contributed by atoms with E-state index in [2.05, 4.69) is 0 Å². The highest BCUT2D eigenvalue weighted by Gasteiger charge is 2.63. The Morgan fingerprint density at radius 2 is 1.36 bits per heavy atom. The molecule has 42 heavy (non-hydrogen) atoms. The van der Waals surface area contributed by atoms with Gasteiger partial charge in [-0.15, -0.1) is 0 Å². The summed E-state index contributed by atoms with van der Waals surface area (Å²) in [6, 6.07) is 9.50. The summed E-state index contributed by atoms with van der Waals surface area (Å²) in [4.78, 5) is 23.8. The van der Waals surface area contributed by atoms with Crippen LogP contribution in [0.1, 0.15) is 47.1 Å². The first-order valence-electron chi connectivity index (χ1n) is 13.9. The molecule has 2 unspecified atom stereocenters. The van der Waals surface area contributed by atoms with Crippen LogP contribution in [0.25, 0.3) is 0 Å². The molecule has 0 aromatic heterocycles. The van der Waals surface area contributed by atoms with Crippen LogP contribution in [-0.2, 0) is 63.6 Å². The van der Waals surface area contributed by atoms with Crippen LogP contribution in [0.5, 0.6) is 0 Å². The van der Waals surface area contributed by atoms with Gasteiger partial charge in [-0.25, -0.2) is 0 Å². The molecule has 3 aliphatic rings. The van der Waals surface area contributed by atoms with Crippen molar-refractivity contribution >= 4 is 11.9 Å². The van der Waals surface area contributed by atoms with E-state index in [-0.39, 0.29) is 6.61 Å². The molecule has 4 rings (SSSR count). The van der Waals surface area contributed by atoms with Gasteiger partial charge in [0.05, 0.1) is 18.8 Å². The van der Waals surface area contributed by atoms with Crippen LogP contribution in [0.2, 0.25) is 0 Å². The van der Waals surface area contributed by atoms with Gasteiger partial charge in [0.25, 0.3) is 0 Å². The zero-order chi connectivity index (χ0) is 30.8. The van der Waals surface area contributed by atoms with Crippen molar-refractivity contribution in [3.8, 4) is 0 Å². The molecule has 0 aliphatic carbocycles. The SMILES string of the molecule is COC1(C)O[C@@H]2[C@@H](OC1(C)OC)[C@H](C)O[C@@H](OCc1ccccc1)[C@@H]2O[C@@H]1O[C@@H](C)[C@H](OC(C)=O)[C@@H](O)[C@H]1OC(C)=O. The van der Waals surface area contributed by atoms with Crippen molar-refractivity contribution in [2.45, 2.75) is 121 Å². The van der Waals surface area contributed by atoms with Crippen molar-refractivity contribution in [3.63, 3.8) is 0 Å². The van der Waals surface area contributed by atoms with Gasteiger partial charge in [0, 0.05) is 28.1 Å². The standard InChI is InChI=1S/C29H42O13/c1-15-21(38-17(3)30)20(32)23(39-18(4)31)27(37-15)40-25-24-22(41-28(5,33-7)29(6,34-8)42-24)16(2)36-26(25)35-14-19-12-10-9-11-13-19/h9-13,15-16,20-27,32H,14H2,1-8H3/t15-,16-,20+,21-,22-,23+,24+,25+,26+,27-,28?,29?/m0/s1.